The smallest absolute Gasteiger partial charge is 0.265 e. The van der Waals surface area contributed by atoms with E-state index in [1.165, 1.54) is 38.5 Å². The minimum absolute atomic E-state index is 0.223. The molecule has 0 unspecified atom stereocenters. The third kappa shape index (κ3) is 7.90. The zero-order valence-electron chi connectivity index (χ0n) is 15.0. The van der Waals surface area contributed by atoms with Crippen molar-refractivity contribution in [1.29, 1.82) is 0 Å². The molecule has 0 bridgehead atoms. The molecule has 3 N–H and O–H groups in total. The van der Waals surface area contributed by atoms with E-state index < -0.39 is 0 Å². The molecule has 0 aliphatic rings. The van der Waals surface area contributed by atoms with Crippen molar-refractivity contribution in [2.24, 2.45) is 5.84 Å². The molecule has 0 spiro atoms. The number of hydrogen-bond acceptors (Lipinski definition) is 5. The summed E-state index contributed by atoms with van der Waals surface area (Å²) in [6.45, 7) is 4.43. The Morgan fingerprint density at radius 3 is 2.29 bits per heavy atom. The van der Waals surface area contributed by atoms with Crippen LogP contribution in [0.4, 0.5) is 0 Å². The van der Waals surface area contributed by atoms with Crippen LogP contribution in [-0.2, 0) is 11.5 Å². The average molecular weight is 370 g/mol. The van der Waals surface area contributed by atoms with Crippen LogP contribution in [0.5, 0.6) is 0 Å². The molecule has 1 heterocycles. The molecular weight excluding hydrogens is 338 g/mol. The van der Waals surface area contributed by atoms with Gasteiger partial charge in [0.1, 0.15) is 0 Å². The Balaban J connectivity index is 2.70. The van der Waals surface area contributed by atoms with Gasteiger partial charge in [0.25, 0.3) is 5.91 Å². The second-order valence-corrected chi connectivity index (χ2v) is 7.99. The Kier molecular flexibility index (Phi) is 12.0. The van der Waals surface area contributed by atoms with E-state index >= 15 is 0 Å². The molecule has 0 atom stereocenters. The van der Waals surface area contributed by atoms with Gasteiger partial charge in [-0.1, -0.05) is 39.5 Å². The lowest BCUT2D eigenvalue weighted by molar-refractivity contribution is 0.0952. The van der Waals surface area contributed by atoms with Crippen molar-refractivity contribution in [2.45, 2.75) is 63.9 Å². The number of hydrazine groups is 1. The maximum absolute atomic E-state index is 12.1. The summed E-state index contributed by atoms with van der Waals surface area (Å²) in [5.41, 5.74) is 5.00. The standard InChI is InChI=1S/C18H31N3OS2/c1-3-5-7-11-23-13-16-15(18(22)21-19)9-10-20-17(16)14-24-12-8-6-4-2/h9-10H,3-8,11-14,19H2,1-2H3,(H,21,22). The second kappa shape index (κ2) is 13.6. The van der Waals surface area contributed by atoms with Gasteiger partial charge in [-0.2, -0.15) is 23.5 Å². The summed E-state index contributed by atoms with van der Waals surface area (Å²) in [6, 6.07) is 1.77. The Bertz CT molecular complexity index is 483. The van der Waals surface area contributed by atoms with Crippen molar-refractivity contribution in [2.75, 3.05) is 11.5 Å². The number of pyridine rings is 1. The van der Waals surface area contributed by atoms with Gasteiger partial charge in [0.15, 0.2) is 0 Å². The maximum Gasteiger partial charge on any atom is 0.265 e. The molecule has 1 aromatic heterocycles. The number of hydrogen-bond donors (Lipinski definition) is 2. The van der Waals surface area contributed by atoms with Gasteiger partial charge >= 0.3 is 0 Å². The molecule has 0 aromatic carbocycles. The molecule has 1 rings (SSSR count). The van der Waals surface area contributed by atoms with Crippen LogP contribution in [0.1, 0.15) is 74.0 Å². The van der Waals surface area contributed by atoms with E-state index in [-0.39, 0.29) is 5.91 Å². The molecule has 0 saturated carbocycles. The monoisotopic (exact) mass is 369 g/mol. The minimum atomic E-state index is -0.223. The van der Waals surface area contributed by atoms with Crippen LogP contribution in [0.3, 0.4) is 0 Å². The molecule has 1 amide bonds. The molecular formula is C18H31N3OS2. The maximum atomic E-state index is 12.1. The number of rotatable bonds is 13. The zero-order valence-corrected chi connectivity index (χ0v) is 16.6. The van der Waals surface area contributed by atoms with E-state index in [9.17, 15) is 4.79 Å². The van der Waals surface area contributed by atoms with Crippen LogP contribution in [0, 0.1) is 0 Å². The number of amides is 1. The quantitative estimate of drug-likeness (QED) is 0.231. The van der Waals surface area contributed by atoms with Gasteiger partial charge < -0.3 is 0 Å². The number of unbranched alkanes of at least 4 members (excludes halogenated alkanes) is 4. The van der Waals surface area contributed by atoms with Crippen molar-refractivity contribution in [3.05, 3.63) is 29.1 Å². The molecule has 24 heavy (non-hydrogen) atoms. The van der Waals surface area contributed by atoms with Gasteiger partial charge in [0.05, 0.1) is 5.69 Å². The predicted molar refractivity (Wildman–Crippen MR) is 107 cm³/mol. The van der Waals surface area contributed by atoms with Crippen LogP contribution in [0.25, 0.3) is 0 Å². The van der Waals surface area contributed by atoms with Crippen molar-refractivity contribution in [3.8, 4) is 0 Å². The minimum Gasteiger partial charge on any atom is -0.290 e. The number of aromatic nitrogens is 1. The van der Waals surface area contributed by atoms with Gasteiger partial charge in [0, 0.05) is 23.3 Å². The highest BCUT2D eigenvalue weighted by molar-refractivity contribution is 7.98. The molecule has 6 heteroatoms. The van der Waals surface area contributed by atoms with Gasteiger partial charge in [-0.15, -0.1) is 0 Å². The number of nitrogens with zero attached hydrogens (tertiary/aromatic N) is 1. The molecule has 0 saturated heterocycles. The highest BCUT2D eigenvalue weighted by Gasteiger charge is 2.15. The number of thioether (sulfide) groups is 2. The van der Waals surface area contributed by atoms with Crippen molar-refractivity contribution < 1.29 is 4.79 Å². The van der Waals surface area contributed by atoms with Gasteiger partial charge in [0.2, 0.25) is 0 Å². The summed E-state index contributed by atoms with van der Waals surface area (Å²) in [4.78, 5) is 16.6. The van der Waals surface area contributed by atoms with E-state index in [1.54, 1.807) is 12.3 Å². The fourth-order valence-electron chi connectivity index (χ4n) is 2.36. The topological polar surface area (TPSA) is 68.0 Å². The largest absolute Gasteiger partial charge is 0.290 e. The summed E-state index contributed by atoms with van der Waals surface area (Å²) in [6.07, 6.45) is 9.19. The van der Waals surface area contributed by atoms with Gasteiger partial charge in [-0.05, 0) is 36.0 Å². The van der Waals surface area contributed by atoms with Gasteiger partial charge in [-0.25, -0.2) is 5.84 Å². The molecule has 136 valence electrons. The zero-order chi connectivity index (χ0) is 17.6. The van der Waals surface area contributed by atoms with Gasteiger partial charge in [-0.3, -0.25) is 15.2 Å². The Morgan fingerprint density at radius 1 is 1.08 bits per heavy atom. The SMILES string of the molecule is CCCCCSCc1nccc(C(=O)NN)c1CSCCCCC. The first kappa shape index (κ1) is 21.3. The normalized spacial score (nSPS) is 10.8. The first-order valence-corrected chi connectivity index (χ1v) is 11.2. The summed E-state index contributed by atoms with van der Waals surface area (Å²) in [5, 5.41) is 0. The van der Waals surface area contributed by atoms with Crippen LogP contribution >= 0.6 is 23.5 Å². The Hall–Kier alpha value is -0.720. The third-order valence-electron chi connectivity index (χ3n) is 3.79. The summed E-state index contributed by atoms with van der Waals surface area (Å²) in [7, 11) is 0. The van der Waals surface area contributed by atoms with E-state index in [0.717, 1.165) is 34.3 Å². The van der Waals surface area contributed by atoms with E-state index in [2.05, 4.69) is 24.3 Å². The lowest BCUT2D eigenvalue weighted by atomic mass is 10.1. The highest BCUT2D eigenvalue weighted by atomic mass is 32.2. The fraction of sp³-hybridized carbons (Fsp3) is 0.667. The summed E-state index contributed by atoms with van der Waals surface area (Å²) < 4.78 is 0. The van der Waals surface area contributed by atoms with E-state index in [1.807, 2.05) is 23.5 Å². The van der Waals surface area contributed by atoms with E-state index in [4.69, 9.17) is 5.84 Å². The molecule has 0 radical (unpaired) electrons. The average Bonchev–Trinajstić information content (AvgIpc) is 2.61. The Morgan fingerprint density at radius 2 is 1.71 bits per heavy atom. The Labute approximate surface area is 155 Å². The number of nitrogens with two attached hydrogens (primary N) is 1. The molecule has 0 fully saturated rings. The van der Waals surface area contributed by atoms with Crippen LogP contribution < -0.4 is 11.3 Å². The lowest BCUT2D eigenvalue weighted by Gasteiger charge is -2.13. The number of nitrogens with one attached hydrogen (secondary N) is 1. The molecule has 0 aliphatic heterocycles. The van der Waals surface area contributed by atoms with Crippen molar-refractivity contribution in [1.82, 2.24) is 10.4 Å². The first-order chi connectivity index (χ1) is 11.7. The molecule has 0 aliphatic carbocycles. The number of carbonyl (C=O) groups is 1. The van der Waals surface area contributed by atoms with Crippen molar-refractivity contribution in [3.63, 3.8) is 0 Å². The number of carbonyl (C=O) groups excluding carboxylic acids is 1. The summed E-state index contributed by atoms with van der Waals surface area (Å²) in [5.74, 6) is 9.07. The predicted octanol–water partition coefficient (Wildman–Crippen LogP) is 4.53. The molecule has 4 nitrogen and oxygen atoms in total. The van der Waals surface area contributed by atoms with E-state index in [0.29, 0.717) is 5.56 Å². The number of nitrogen functional groups attached to an aromatic ring is 1. The second-order valence-electron chi connectivity index (χ2n) is 5.78. The van der Waals surface area contributed by atoms with Crippen LogP contribution in [-0.4, -0.2) is 22.4 Å². The fourth-order valence-corrected chi connectivity index (χ4v) is 4.44. The van der Waals surface area contributed by atoms with Crippen LogP contribution in [0.2, 0.25) is 0 Å². The highest BCUT2D eigenvalue weighted by Crippen LogP contribution is 2.24. The molecule has 1 aromatic rings. The summed E-state index contributed by atoms with van der Waals surface area (Å²) >= 11 is 3.78. The third-order valence-corrected chi connectivity index (χ3v) is 5.92. The van der Waals surface area contributed by atoms with Crippen LogP contribution in [0.15, 0.2) is 12.3 Å². The van der Waals surface area contributed by atoms with Crippen molar-refractivity contribution >= 4 is 29.4 Å². The lowest BCUT2D eigenvalue weighted by Crippen LogP contribution is -2.31. The first-order valence-electron chi connectivity index (χ1n) is 8.87.